The molecule has 1 aromatic heterocycles. The summed E-state index contributed by atoms with van der Waals surface area (Å²) in [6.07, 6.45) is 4.86. The van der Waals surface area contributed by atoms with Crippen LogP contribution in [0.3, 0.4) is 0 Å². The third-order valence-electron chi connectivity index (χ3n) is 3.89. The minimum absolute atomic E-state index is 0.0413. The van der Waals surface area contributed by atoms with Gasteiger partial charge in [-0.05, 0) is 25.3 Å². The standard InChI is InChI=1S/C16H18N4O3/c17-15(9-11-5-3-4-8-23-11)19-16-12-6-1-2-7-13(12)18-10-14(16)20(21)22/h1-2,6-7,10-11H,3-5,8-9H2,(H2,17,18,19). The molecule has 0 bridgehead atoms. The monoisotopic (exact) mass is 314 g/mol. The third-order valence-corrected chi connectivity index (χ3v) is 3.89. The van der Waals surface area contributed by atoms with E-state index in [1.54, 1.807) is 18.2 Å². The first kappa shape index (κ1) is 15.4. The molecule has 3 rings (SSSR count). The Bertz CT molecular complexity index is 754. The van der Waals surface area contributed by atoms with Crippen LogP contribution in [0.2, 0.25) is 0 Å². The van der Waals surface area contributed by atoms with Crippen molar-refractivity contribution in [2.75, 3.05) is 6.61 Å². The zero-order valence-corrected chi connectivity index (χ0v) is 12.6. The Morgan fingerprint density at radius 2 is 2.26 bits per heavy atom. The van der Waals surface area contributed by atoms with Crippen molar-refractivity contribution < 1.29 is 9.66 Å². The van der Waals surface area contributed by atoms with E-state index in [1.165, 1.54) is 6.20 Å². The predicted molar refractivity (Wildman–Crippen MR) is 87.9 cm³/mol. The number of benzene rings is 1. The number of hydrogen-bond donors (Lipinski definition) is 1. The molecule has 120 valence electrons. The number of nitrogens with zero attached hydrogens (tertiary/aromatic N) is 3. The van der Waals surface area contributed by atoms with Crippen molar-refractivity contribution in [1.82, 2.24) is 4.98 Å². The number of aromatic nitrogens is 1. The lowest BCUT2D eigenvalue weighted by Crippen LogP contribution is -2.26. The highest BCUT2D eigenvalue weighted by atomic mass is 16.6. The van der Waals surface area contributed by atoms with Gasteiger partial charge in [0.2, 0.25) is 0 Å². The van der Waals surface area contributed by atoms with Crippen molar-refractivity contribution in [2.45, 2.75) is 31.8 Å². The van der Waals surface area contributed by atoms with Crippen LogP contribution in [0.4, 0.5) is 11.4 Å². The average molecular weight is 314 g/mol. The van der Waals surface area contributed by atoms with E-state index in [-0.39, 0.29) is 17.5 Å². The molecule has 2 heterocycles. The highest BCUT2D eigenvalue weighted by Gasteiger charge is 2.20. The zero-order chi connectivity index (χ0) is 16.2. The lowest BCUT2D eigenvalue weighted by Gasteiger charge is -2.22. The first-order valence-electron chi connectivity index (χ1n) is 7.62. The molecule has 0 radical (unpaired) electrons. The molecular weight excluding hydrogens is 296 g/mol. The number of fused-ring (bicyclic) bond motifs is 1. The normalized spacial score (nSPS) is 19.0. The van der Waals surface area contributed by atoms with E-state index < -0.39 is 4.92 Å². The molecule has 0 amide bonds. The van der Waals surface area contributed by atoms with Gasteiger partial charge in [0, 0.05) is 18.4 Å². The Hall–Kier alpha value is -2.54. The molecule has 7 nitrogen and oxygen atoms in total. The van der Waals surface area contributed by atoms with E-state index >= 15 is 0 Å². The first-order valence-corrected chi connectivity index (χ1v) is 7.62. The molecule has 0 spiro atoms. The fraction of sp³-hybridized carbons (Fsp3) is 0.375. The molecule has 2 aromatic rings. The molecule has 1 aliphatic heterocycles. The van der Waals surface area contributed by atoms with E-state index in [2.05, 4.69) is 9.98 Å². The lowest BCUT2D eigenvalue weighted by atomic mass is 10.1. The first-order chi connectivity index (χ1) is 11.1. The number of hydrogen-bond acceptors (Lipinski definition) is 5. The summed E-state index contributed by atoms with van der Waals surface area (Å²) >= 11 is 0. The van der Waals surface area contributed by atoms with E-state index in [0.29, 0.717) is 23.2 Å². The predicted octanol–water partition coefficient (Wildman–Crippen LogP) is 3.09. The Morgan fingerprint density at radius 1 is 1.43 bits per heavy atom. The largest absolute Gasteiger partial charge is 0.387 e. The molecule has 1 atom stereocenters. The molecule has 0 aliphatic carbocycles. The van der Waals surface area contributed by atoms with Gasteiger partial charge in [-0.25, -0.2) is 9.98 Å². The molecule has 23 heavy (non-hydrogen) atoms. The van der Waals surface area contributed by atoms with Gasteiger partial charge in [-0.1, -0.05) is 18.2 Å². The molecular formula is C16H18N4O3. The van der Waals surface area contributed by atoms with Gasteiger partial charge >= 0.3 is 5.69 Å². The molecule has 0 saturated carbocycles. The van der Waals surface area contributed by atoms with Gasteiger partial charge in [-0.15, -0.1) is 0 Å². The van der Waals surface area contributed by atoms with Gasteiger partial charge in [0.25, 0.3) is 0 Å². The second-order valence-corrected chi connectivity index (χ2v) is 5.56. The Kier molecular flexibility index (Phi) is 4.47. The fourth-order valence-electron chi connectivity index (χ4n) is 2.76. The minimum Gasteiger partial charge on any atom is -0.387 e. The van der Waals surface area contributed by atoms with Crippen LogP contribution in [0.5, 0.6) is 0 Å². The third kappa shape index (κ3) is 3.45. The minimum atomic E-state index is -0.483. The van der Waals surface area contributed by atoms with Crippen molar-refractivity contribution in [2.24, 2.45) is 10.7 Å². The number of aliphatic imine (C=N–C) groups is 1. The second-order valence-electron chi connectivity index (χ2n) is 5.56. The number of ether oxygens (including phenoxy) is 1. The molecule has 7 heteroatoms. The van der Waals surface area contributed by atoms with Crippen molar-refractivity contribution in [3.8, 4) is 0 Å². The van der Waals surface area contributed by atoms with E-state index in [4.69, 9.17) is 10.5 Å². The number of nitro groups is 1. The summed E-state index contributed by atoms with van der Waals surface area (Å²) in [5.74, 6) is 0.344. The average Bonchev–Trinajstić information content (AvgIpc) is 2.55. The summed E-state index contributed by atoms with van der Waals surface area (Å²) in [6.45, 7) is 0.732. The summed E-state index contributed by atoms with van der Waals surface area (Å²) in [5.41, 5.74) is 6.79. The van der Waals surface area contributed by atoms with Crippen LogP contribution in [0.25, 0.3) is 10.9 Å². The SMILES string of the molecule is NC(CC1CCCCO1)=Nc1c([N+](=O)[O-])cnc2ccccc12. The summed E-state index contributed by atoms with van der Waals surface area (Å²) in [7, 11) is 0. The number of para-hydroxylation sites is 1. The Balaban J connectivity index is 1.97. The van der Waals surface area contributed by atoms with Crippen molar-refractivity contribution in [3.63, 3.8) is 0 Å². The van der Waals surface area contributed by atoms with Crippen LogP contribution >= 0.6 is 0 Å². The zero-order valence-electron chi connectivity index (χ0n) is 12.6. The van der Waals surface area contributed by atoms with E-state index in [1.807, 2.05) is 6.07 Å². The van der Waals surface area contributed by atoms with Gasteiger partial charge in [0.05, 0.1) is 16.5 Å². The number of pyridine rings is 1. The van der Waals surface area contributed by atoms with E-state index in [0.717, 1.165) is 25.9 Å². The van der Waals surface area contributed by atoms with Crippen LogP contribution in [0.15, 0.2) is 35.5 Å². The Morgan fingerprint density at radius 3 is 3.00 bits per heavy atom. The molecule has 1 aromatic carbocycles. The lowest BCUT2D eigenvalue weighted by molar-refractivity contribution is -0.384. The number of amidine groups is 1. The van der Waals surface area contributed by atoms with Crippen molar-refractivity contribution in [1.29, 1.82) is 0 Å². The molecule has 1 fully saturated rings. The molecule has 1 unspecified atom stereocenters. The molecule has 1 aliphatic rings. The van der Waals surface area contributed by atoms with Crippen LogP contribution in [-0.4, -0.2) is 28.5 Å². The van der Waals surface area contributed by atoms with Crippen LogP contribution in [-0.2, 0) is 4.74 Å². The van der Waals surface area contributed by atoms with Gasteiger partial charge in [0.15, 0.2) is 5.69 Å². The number of rotatable bonds is 4. The summed E-state index contributed by atoms with van der Waals surface area (Å²) in [6, 6.07) is 7.18. The van der Waals surface area contributed by atoms with Gasteiger partial charge < -0.3 is 10.5 Å². The van der Waals surface area contributed by atoms with Crippen molar-refractivity contribution in [3.05, 3.63) is 40.6 Å². The Labute approximate surface area is 133 Å². The summed E-state index contributed by atoms with van der Waals surface area (Å²) in [5, 5.41) is 11.9. The second kappa shape index (κ2) is 6.70. The van der Waals surface area contributed by atoms with Gasteiger partial charge in [-0.3, -0.25) is 10.1 Å². The highest BCUT2D eigenvalue weighted by Crippen LogP contribution is 2.34. The summed E-state index contributed by atoms with van der Waals surface area (Å²) < 4.78 is 5.64. The maximum Gasteiger partial charge on any atom is 0.313 e. The van der Waals surface area contributed by atoms with E-state index in [9.17, 15) is 10.1 Å². The van der Waals surface area contributed by atoms with Crippen LogP contribution in [0.1, 0.15) is 25.7 Å². The van der Waals surface area contributed by atoms with Crippen LogP contribution in [0, 0.1) is 10.1 Å². The van der Waals surface area contributed by atoms with Crippen LogP contribution < -0.4 is 5.73 Å². The molecule has 1 saturated heterocycles. The fourth-order valence-corrected chi connectivity index (χ4v) is 2.76. The van der Waals surface area contributed by atoms with Gasteiger partial charge in [0.1, 0.15) is 12.0 Å². The smallest absolute Gasteiger partial charge is 0.313 e. The number of nitrogens with two attached hydrogens (primary N) is 1. The topological polar surface area (TPSA) is 104 Å². The van der Waals surface area contributed by atoms with Gasteiger partial charge in [-0.2, -0.15) is 0 Å². The van der Waals surface area contributed by atoms with Crippen molar-refractivity contribution >= 4 is 28.1 Å². The maximum absolute atomic E-state index is 11.3. The highest BCUT2D eigenvalue weighted by molar-refractivity contribution is 5.97. The maximum atomic E-state index is 11.3. The quantitative estimate of drug-likeness (QED) is 0.404. The summed E-state index contributed by atoms with van der Waals surface area (Å²) in [4.78, 5) is 19.2. The molecule has 2 N–H and O–H groups in total.